The minimum Gasteiger partial charge on any atom is -0.383 e. The van der Waals surface area contributed by atoms with E-state index < -0.39 is 0 Å². The highest BCUT2D eigenvalue weighted by atomic mass is 15.1. The van der Waals surface area contributed by atoms with Gasteiger partial charge in [-0.15, -0.1) is 0 Å². The Bertz CT molecular complexity index is 927. The van der Waals surface area contributed by atoms with E-state index in [0.29, 0.717) is 11.6 Å². The van der Waals surface area contributed by atoms with E-state index in [-0.39, 0.29) is 0 Å². The summed E-state index contributed by atoms with van der Waals surface area (Å²) in [5, 5.41) is 0.864. The van der Waals surface area contributed by atoms with Gasteiger partial charge in [0.05, 0.1) is 5.39 Å². The lowest BCUT2D eigenvalue weighted by Crippen LogP contribution is -2.00. The highest BCUT2D eigenvalue weighted by molar-refractivity contribution is 5.89. The lowest BCUT2D eigenvalue weighted by Gasteiger charge is -2.07. The van der Waals surface area contributed by atoms with Gasteiger partial charge in [-0.1, -0.05) is 48.5 Å². The van der Waals surface area contributed by atoms with Crippen molar-refractivity contribution in [2.75, 3.05) is 5.73 Å². The number of benzene rings is 2. The van der Waals surface area contributed by atoms with Gasteiger partial charge in [0.2, 0.25) is 0 Å². The van der Waals surface area contributed by atoms with Crippen LogP contribution in [-0.4, -0.2) is 14.5 Å². The molecule has 22 heavy (non-hydrogen) atoms. The second-order valence-electron chi connectivity index (χ2n) is 5.06. The summed E-state index contributed by atoms with van der Waals surface area (Å²) in [4.78, 5) is 9.15. The molecule has 4 aromatic rings. The van der Waals surface area contributed by atoms with Gasteiger partial charge in [0.25, 0.3) is 0 Å². The van der Waals surface area contributed by atoms with Gasteiger partial charge in [-0.25, -0.2) is 9.97 Å². The van der Waals surface area contributed by atoms with Crippen LogP contribution in [0.15, 0.2) is 72.9 Å². The molecule has 4 heteroatoms. The lowest BCUT2D eigenvalue weighted by molar-refractivity contribution is 1.08. The average molecular weight is 286 g/mol. The predicted molar refractivity (Wildman–Crippen MR) is 88.7 cm³/mol. The van der Waals surface area contributed by atoms with E-state index in [1.807, 2.05) is 77.5 Å². The minimum absolute atomic E-state index is 0.499. The molecule has 0 radical (unpaired) electrons. The normalized spacial score (nSPS) is 10.9. The van der Waals surface area contributed by atoms with Crippen LogP contribution < -0.4 is 5.73 Å². The van der Waals surface area contributed by atoms with Crippen LogP contribution in [-0.2, 0) is 0 Å². The van der Waals surface area contributed by atoms with Crippen molar-refractivity contribution >= 4 is 16.9 Å². The van der Waals surface area contributed by atoms with Gasteiger partial charge in [-0.3, -0.25) is 0 Å². The third kappa shape index (κ3) is 2.02. The van der Waals surface area contributed by atoms with Crippen LogP contribution in [0.25, 0.3) is 28.1 Å². The fourth-order valence-corrected chi connectivity index (χ4v) is 2.55. The molecule has 0 atom stereocenters. The van der Waals surface area contributed by atoms with Crippen LogP contribution >= 0.6 is 0 Å². The van der Waals surface area contributed by atoms with Crippen LogP contribution in [0.2, 0.25) is 0 Å². The van der Waals surface area contributed by atoms with E-state index in [1.54, 1.807) is 0 Å². The molecular formula is C18H14N4. The second-order valence-corrected chi connectivity index (χ2v) is 5.06. The van der Waals surface area contributed by atoms with Crippen LogP contribution in [0.3, 0.4) is 0 Å². The van der Waals surface area contributed by atoms with Crippen LogP contribution in [0.5, 0.6) is 0 Å². The molecule has 0 bridgehead atoms. The monoisotopic (exact) mass is 286 g/mol. The molecule has 2 N–H and O–H groups in total. The first-order valence-electron chi connectivity index (χ1n) is 7.08. The quantitative estimate of drug-likeness (QED) is 0.611. The van der Waals surface area contributed by atoms with Gasteiger partial charge in [0.1, 0.15) is 5.82 Å². The van der Waals surface area contributed by atoms with E-state index >= 15 is 0 Å². The fourth-order valence-electron chi connectivity index (χ4n) is 2.55. The maximum absolute atomic E-state index is 6.12. The summed E-state index contributed by atoms with van der Waals surface area (Å²) in [5.74, 6) is 1.14. The number of nitrogen functional groups attached to an aromatic ring is 1. The molecule has 0 aliphatic rings. The molecule has 4 nitrogen and oxygen atoms in total. The van der Waals surface area contributed by atoms with Gasteiger partial charge in [0.15, 0.2) is 11.5 Å². The molecule has 0 saturated carbocycles. The van der Waals surface area contributed by atoms with Gasteiger partial charge in [-0.2, -0.15) is 0 Å². The first-order valence-corrected chi connectivity index (χ1v) is 7.08. The van der Waals surface area contributed by atoms with Gasteiger partial charge < -0.3 is 10.3 Å². The molecule has 4 rings (SSSR count). The molecule has 0 aliphatic heterocycles. The second kappa shape index (κ2) is 5.00. The number of anilines is 1. The Hall–Kier alpha value is -3.14. The summed E-state index contributed by atoms with van der Waals surface area (Å²) in [7, 11) is 0. The van der Waals surface area contributed by atoms with Crippen molar-refractivity contribution in [2.45, 2.75) is 0 Å². The summed E-state index contributed by atoms with van der Waals surface area (Å²) in [5.41, 5.74) is 8.94. The number of nitrogens with zero attached hydrogens (tertiary/aromatic N) is 3. The number of rotatable bonds is 2. The van der Waals surface area contributed by atoms with Crippen LogP contribution in [0, 0.1) is 0 Å². The molecule has 0 amide bonds. The van der Waals surface area contributed by atoms with Crippen molar-refractivity contribution in [2.24, 2.45) is 0 Å². The summed E-state index contributed by atoms with van der Waals surface area (Å²) >= 11 is 0. The SMILES string of the molecule is Nc1nc(-c2ccccc2)nc2c1ccn2-c1ccccc1. The maximum atomic E-state index is 6.12. The summed E-state index contributed by atoms with van der Waals surface area (Å²) in [6.07, 6.45) is 1.97. The zero-order chi connectivity index (χ0) is 14.9. The Morgan fingerprint density at radius 1 is 0.773 bits per heavy atom. The van der Waals surface area contributed by atoms with Gasteiger partial charge >= 0.3 is 0 Å². The number of para-hydroxylation sites is 1. The fraction of sp³-hybridized carbons (Fsp3) is 0. The van der Waals surface area contributed by atoms with Crippen molar-refractivity contribution in [3.63, 3.8) is 0 Å². The molecule has 0 spiro atoms. The van der Waals surface area contributed by atoms with Crippen molar-refractivity contribution < 1.29 is 0 Å². The van der Waals surface area contributed by atoms with E-state index in [1.165, 1.54) is 0 Å². The van der Waals surface area contributed by atoms with Crippen molar-refractivity contribution in [3.05, 3.63) is 72.9 Å². The zero-order valence-corrected chi connectivity index (χ0v) is 11.8. The summed E-state index contributed by atoms with van der Waals surface area (Å²) < 4.78 is 2.03. The zero-order valence-electron chi connectivity index (χ0n) is 11.8. The molecular weight excluding hydrogens is 272 g/mol. The smallest absolute Gasteiger partial charge is 0.163 e. The van der Waals surface area contributed by atoms with E-state index in [0.717, 1.165) is 22.3 Å². The van der Waals surface area contributed by atoms with Crippen LogP contribution in [0.1, 0.15) is 0 Å². The van der Waals surface area contributed by atoms with Crippen LogP contribution in [0.4, 0.5) is 5.82 Å². The molecule has 2 aromatic heterocycles. The first-order chi connectivity index (χ1) is 10.8. The van der Waals surface area contributed by atoms with E-state index in [2.05, 4.69) is 4.98 Å². The maximum Gasteiger partial charge on any atom is 0.163 e. The Morgan fingerprint density at radius 2 is 1.45 bits per heavy atom. The third-order valence-electron chi connectivity index (χ3n) is 3.64. The highest BCUT2D eigenvalue weighted by Gasteiger charge is 2.11. The molecule has 0 unspecified atom stereocenters. The van der Waals surface area contributed by atoms with E-state index in [4.69, 9.17) is 10.7 Å². The number of nitrogens with two attached hydrogens (primary N) is 1. The molecule has 2 aromatic carbocycles. The number of hydrogen-bond donors (Lipinski definition) is 1. The molecule has 106 valence electrons. The Balaban J connectivity index is 1.97. The predicted octanol–water partition coefficient (Wildman–Crippen LogP) is 3.67. The summed E-state index contributed by atoms with van der Waals surface area (Å²) in [6, 6.07) is 21.9. The van der Waals surface area contributed by atoms with Crippen molar-refractivity contribution in [1.29, 1.82) is 0 Å². The molecule has 0 saturated heterocycles. The standard InChI is InChI=1S/C18H14N4/c19-16-15-11-12-22(14-9-5-2-6-10-14)18(15)21-17(20-16)13-7-3-1-4-8-13/h1-12H,(H2,19,20,21). The number of fused-ring (bicyclic) bond motifs is 1. The van der Waals surface area contributed by atoms with Gasteiger partial charge in [0, 0.05) is 17.4 Å². The van der Waals surface area contributed by atoms with Gasteiger partial charge in [-0.05, 0) is 18.2 Å². The molecule has 0 fully saturated rings. The largest absolute Gasteiger partial charge is 0.383 e. The van der Waals surface area contributed by atoms with Crippen molar-refractivity contribution in [3.8, 4) is 17.1 Å². The van der Waals surface area contributed by atoms with Crippen molar-refractivity contribution in [1.82, 2.24) is 14.5 Å². The number of hydrogen-bond acceptors (Lipinski definition) is 3. The minimum atomic E-state index is 0.499. The lowest BCUT2D eigenvalue weighted by atomic mass is 10.2. The summed E-state index contributed by atoms with van der Waals surface area (Å²) in [6.45, 7) is 0. The average Bonchev–Trinajstić information content (AvgIpc) is 3.01. The first kappa shape index (κ1) is 12.6. The number of aromatic nitrogens is 3. The highest BCUT2D eigenvalue weighted by Crippen LogP contribution is 2.25. The molecule has 2 heterocycles. The van der Waals surface area contributed by atoms with E-state index in [9.17, 15) is 0 Å². The Morgan fingerprint density at radius 3 is 2.18 bits per heavy atom. The Labute approximate surface area is 127 Å². The topological polar surface area (TPSA) is 56.7 Å². The Kier molecular flexibility index (Phi) is 2.86. The molecule has 0 aliphatic carbocycles. The third-order valence-corrected chi connectivity index (χ3v) is 3.64.